The van der Waals surface area contributed by atoms with Crippen LogP contribution in [0.2, 0.25) is 0 Å². The van der Waals surface area contributed by atoms with Gasteiger partial charge in [0.25, 0.3) is 0 Å². The van der Waals surface area contributed by atoms with Crippen molar-refractivity contribution in [2.75, 3.05) is 13.1 Å². The van der Waals surface area contributed by atoms with Gasteiger partial charge in [0, 0.05) is 31.2 Å². The van der Waals surface area contributed by atoms with Gasteiger partial charge in [-0.25, -0.2) is 0 Å². The third kappa shape index (κ3) is 3.76. The summed E-state index contributed by atoms with van der Waals surface area (Å²) in [4.78, 5) is 2.89. The lowest BCUT2D eigenvalue weighted by atomic mass is 9.83. The molecule has 118 valence electrons. The second-order valence-electron chi connectivity index (χ2n) is 7.82. The van der Waals surface area contributed by atoms with Crippen LogP contribution in [0.25, 0.3) is 0 Å². The Hall–Kier alpha value is -0.0800. The van der Waals surface area contributed by atoms with E-state index in [2.05, 4.69) is 44.8 Å². The molecule has 0 aromatic heterocycles. The van der Waals surface area contributed by atoms with Gasteiger partial charge in [-0.2, -0.15) is 0 Å². The lowest BCUT2D eigenvalue weighted by molar-refractivity contribution is 0.0234. The number of hydrogen-bond acceptors (Lipinski definition) is 2. The van der Waals surface area contributed by atoms with E-state index < -0.39 is 0 Å². The monoisotopic (exact) mass is 280 g/mol. The van der Waals surface area contributed by atoms with Crippen molar-refractivity contribution in [2.45, 2.75) is 84.8 Å². The lowest BCUT2D eigenvalue weighted by Crippen LogP contribution is -2.62. The van der Waals surface area contributed by atoms with Gasteiger partial charge < -0.3 is 5.32 Å². The van der Waals surface area contributed by atoms with E-state index in [1.54, 1.807) is 0 Å². The molecule has 1 aliphatic carbocycles. The Kier molecular flexibility index (Phi) is 5.92. The second-order valence-corrected chi connectivity index (χ2v) is 7.82. The molecule has 1 aliphatic heterocycles. The standard InChI is InChI=1S/C18H36N2/c1-6-15(5)17-12-20(18(11-19-17)13(2)3)16-9-7-14(4)8-10-16/h13-19H,6-12H2,1-5H3. The molecular weight excluding hydrogens is 244 g/mol. The third-order valence-electron chi connectivity index (χ3n) is 5.98. The van der Waals surface area contributed by atoms with Crippen LogP contribution >= 0.6 is 0 Å². The summed E-state index contributed by atoms with van der Waals surface area (Å²) >= 11 is 0. The molecule has 3 unspecified atom stereocenters. The summed E-state index contributed by atoms with van der Waals surface area (Å²) in [7, 11) is 0. The van der Waals surface area contributed by atoms with Crippen molar-refractivity contribution in [1.82, 2.24) is 10.2 Å². The quantitative estimate of drug-likeness (QED) is 0.840. The minimum absolute atomic E-state index is 0.703. The van der Waals surface area contributed by atoms with Crippen molar-refractivity contribution < 1.29 is 0 Å². The molecule has 2 nitrogen and oxygen atoms in total. The maximum absolute atomic E-state index is 3.84. The van der Waals surface area contributed by atoms with Crippen molar-refractivity contribution in [3.05, 3.63) is 0 Å². The third-order valence-corrected chi connectivity index (χ3v) is 5.98. The highest BCUT2D eigenvalue weighted by Crippen LogP contribution is 2.31. The number of hydrogen-bond donors (Lipinski definition) is 1. The molecule has 20 heavy (non-hydrogen) atoms. The number of piperazine rings is 1. The van der Waals surface area contributed by atoms with E-state index in [0.29, 0.717) is 6.04 Å². The molecule has 3 atom stereocenters. The number of nitrogens with zero attached hydrogens (tertiary/aromatic N) is 1. The fourth-order valence-corrected chi connectivity index (χ4v) is 4.09. The molecule has 0 amide bonds. The van der Waals surface area contributed by atoms with Gasteiger partial charge in [0.15, 0.2) is 0 Å². The second kappa shape index (κ2) is 7.26. The molecule has 2 heteroatoms. The summed E-state index contributed by atoms with van der Waals surface area (Å²) in [5, 5.41) is 3.84. The molecule has 2 aliphatic rings. The van der Waals surface area contributed by atoms with E-state index >= 15 is 0 Å². The first-order valence-corrected chi connectivity index (χ1v) is 9.02. The van der Waals surface area contributed by atoms with Gasteiger partial charge in [0.1, 0.15) is 0 Å². The Morgan fingerprint density at radius 2 is 1.75 bits per heavy atom. The topological polar surface area (TPSA) is 15.3 Å². The van der Waals surface area contributed by atoms with Crippen LogP contribution in [-0.4, -0.2) is 36.1 Å². The normalized spacial score (nSPS) is 38.1. The van der Waals surface area contributed by atoms with Gasteiger partial charge in [0.2, 0.25) is 0 Å². The van der Waals surface area contributed by atoms with E-state index in [1.165, 1.54) is 45.2 Å². The first kappa shape index (κ1) is 16.3. The van der Waals surface area contributed by atoms with Crippen LogP contribution in [0.15, 0.2) is 0 Å². The SMILES string of the molecule is CCC(C)C1CN(C2CCC(C)CC2)C(C(C)C)CN1. The van der Waals surface area contributed by atoms with Gasteiger partial charge in [-0.15, -0.1) is 0 Å². The molecule has 0 bridgehead atoms. The van der Waals surface area contributed by atoms with E-state index in [0.717, 1.165) is 29.8 Å². The minimum atomic E-state index is 0.703. The predicted molar refractivity (Wildman–Crippen MR) is 88.0 cm³/mol. The Morgan fingerprint density at radius 3 is 2.30 bits per heavy atom. The van der Waals surface area contributed by atoms with Crippen LogP contribution < -0.4 is 5.32 Å². The van der Waals surface area contributed by atoms with Crippen molar-refractivity contribution in [2.24, 2.45) is 17.8 Å². The van der Waals surface area contributed by atoms with Crippen LogP contribution in [0.5, 0.6) is 0 Å². The Morgan fingerprint density at radius 1 is 1.10 bits per heavy atom. The largest absolute Gasteiger partial charge is 0.311 e. The van der Waals surface area contributed by atoms with Gasteiger partial charge in [-0.05, 0) is 43.4 Å². The molecule has 1 saturated heterocycles. The average molecular weight is 280 g/mol. The molecule has 0 spiro atoms. The molecule has 1 saturated carbocycles. The summed E-state index contributed by atoms with van der Waals surface area (Å²) in [5.41, 5.74) is 0. The van der Waals surface area contributed by atoms with Gasteiger partial charge in [-0.3, -0.25) is 4.90 Å². The zero-order valence-electron chi connectivity index (χ0n) is 14.4. The van der Waals surface area contributed by atoms with Crippen LogP contribution in [0.3, 0.4) is 0 Å². The summed E-state index contributed by atoms with van der Waals surface area (Å²) in [6, 6.07) is 2.30. The van der Waals surface area contributed by atoms with Crippen LogP contribution in [0, 0.1) is 17.8 Å². The predicted octanol–water partition coefficient (Wildman–Crippen LogP) is 3.91. The average Bonchev–Trinajstić information content (AvgIpc) is 2.46. The summed E-state index contributed by atoms with van der Waals surface area (Å²) in [5.74, 6) is 2.52. The minimum Gasteiger partial charge on any atom is -0.311 e. The van der Waals surface area contributed by atoms with Crippen molar-refractivity contribution in [3.8, 4) is 0 Å². The first-order valence-electron chi connectivity index (χ1n) is 9.02. The smallest absolute Gasteiger partial charge is 0.0247 e. The highest BCUT2D eigenvalue weighted by atomic mass is 15.3. The van der Waals surface area contributed by atoms with Crippen LogP contribution in [-0.2, 0) is 0 Å². The molecular formula is C18H36N2. The van der Waals surface area contributed by atoms with Crippen molar-refractivity contribution in [3.63, 3.8) is 0 Å². The maximum Gasteiger partial charge on any atom is 0.0247 e. The molecule has 1 heterocycles. The van der Waals surface area contributed by atoms with Crippen molar-refractivity contribution in [1.29, 1.82) is 0 Å². The van der Waals surface area contributed by atoms with E-state index in [9.17, 15) is 0 Å². The molecule has 2 fully saturated rings. The number of rotatable bonds is 4. The Labute approximate surface area is 126 Å². The van der Waals surface area contributed by atoms with Crippen LogP contribution in [0.4, 0.5) is 0 Å². The summed E-state index contributed by atoms with van der Waals surface area (Å²) < 4.78 is 0. The van der Waals surface area contributed by atoms with Gasteiger partial charge in [-0.1, -0.05) is 41.0 Å². The van der Waals surface area contributed by atoms with E-state index in [1.807, 2.05) is 0 Å². The fourth-order valence-electron chi connectivity index (χ4n) is 4.09. The van der Waals surface area contributed by atoms with E-state index in [-0.39, 0.29) is 0 Å². The van der Waals surface area contributed by atoms with Gasteiger partial charge in [0.05, 0.1) is 0 Å². The molecule has 0 aromatic rings. The summed E-state index contributed by atoms with van der Waals surface area (Å²) in [6.45, 7) is 14.4. The Bertz CT molecular complexity index is 281. The van der Waals surface area contributed by atoms with Crippen molar-refractivity contribution >= 4 is 0 Å². The fraction of sp³-hybridized carbons (Fsp3) is 1.00. The summed E-state index contributed by atoms with van der Waals surface area (Å²) in [6.07, 6.45) is 7.02. The zero-order chi connectivity index (χ0) is 14.7. The maximum atomic E-state index is 3.84. The highest BCUT2D eigenvalue weighted by molar-refractivity contribution is 4.93. The Balaban J connectivity index is 2.03. The zero-order valence-corrected chi connectivity index (χ0v) is 14.4. The van der Waals surface area contributed by atoms with Crippen LogP contribution in [0.1, 0.15) is 66.7 Å². The number of nitrogens with one attached hydrogen (secondary N) is 1. The highest BCUT2D eigenvalue weighted by Gasteiger charge is 2.36. The molecule has 0 aromatic carbocycles. The molecule has 2 rings (SSSR count). The van der Waals surface area contributed by atoms with Gasteiger partial charge >= 0.3 is 0 Å². The van der Waals surface area contributed by atoms with E-state index in [4.69, 9.17) is 0 Å². The molecule has 1 N–H and O–H groups in total. The molecule has 0 radical (unpaired) electrons. The lowest BCUT2D eigenvalue weighted by Gasteiger charge is -2.49. The first-order chi connectivity index (χ1) is 9.52.